The van der Waals surface area contributed by atoms with Gasteiger partial charge < -0.3 is 9.47 Å². The van der Waals surface area contributed by atoms with Crippen LogP contribution >= 0.6 is 11.6 Å². The van der Waals surface area contributed by atoms with Crippen molar-refractivity contribution >= 4 is 11.6 Å². The molecule has 1 aromatic heterocycles. The minimum absolute atomic E-state index is 0.257. The highest BCUT2D eigenvalue weighted by Gasteiger charge is 2.18. The minimum Gasteiger partial charge on any atom is -0.493 e. The van der Waals surface area contributed by atoms with Gasteiger partial charge in [-0.05, 0) is 24.0 Å². The molecule has 0 aliphatic rings. The first-order valence-corrected chi connectivity index (χ1v) is 6.83. The quantitative estimate of drug-likeness (QED) is 0.889. The van der Waals surface area contributed by atoms with Gasteiger partial charge >= 0.3 is 0 Å². The number of nitrogens with one attached hydrogen (secondary N) is 1. The molecule has 1 heterocycles. The molecule has 0 saturated heterocycles. The van der Waals surface area contributed by atoms with E-state index < -0.39 is 0 Å². The summed E-state index contributed by atoms with van der Waals surface area (Å²) in [5.41, 5.74) is 1.96. The van der Waals surface area contributed by atoms with Crippen LogP contribution in [0.25, 0.3) is 0 Å². The van der Waals surface area contributed by atoms with Crippen molar-refractivity contribution < 1.29 is 9.47 Å². The van der Waals surface area contributed by atoms with Gasteiger partial charge in [-0.15, -0.1) is 0 Å². The fourth-order valence-corrected chi connectivity index (χ4v) is 2.54. The third kappa shape index (κ3) is 3.04. The van der Waals surface area contributed by atoms with E-state index in [0.717, 1.165) is 24.1 Å². The number of aromatic nitrogens is 3. The van der Waals surface area contributed by atoms with Crippen LogP contribution in [0.15, 0.2) is 18.3 Å². The van der Waals surface area contributed by atoms with Gasteiger partial charge in [0, 0.05) is 17.5 Å². The van der Waals surface area contributed by atoms with Gasteiger partial charge in [0.15, 0.2) is 11.5 Å². The fraction of sp³-hybridized carbons (Fsp3) is 0.429. The van der Waals surface area contributed by atoms with Gasteiger partial charge in [-0.2, -0.15) is 15.4 Å². The molecule has 0 aliphatic heterocycles. The maximum absolute atomic E-state index is 6.37. The molecule has 108 valence electrons. The highest BCUT2D eigenvalue weighted by atomic mass is 35.5. The van der Waals surface area contributed by atoms with E-state index in [1.807, 2.05) is 6.07 Å². The first kappa shape index (κ1) is 14.7. The van der Waals surface area contributed by atoms with Crippen molar-refractivity contribution in [3.8, 4) is 11.5 Å². The zero-order chi connectivity index (χ0) is 14.5. The number of nitrogens with zero attached hydrogens (tertiary/aromatic N) is 2. The van der Waals surface area contributed by atoms with E-state index in [4.69, 9.17) is 21.1 Å². The molecule has 0 bridgehead atoms. The van der Waals surface area contributed by atoms with Gasteiger partial charge in [-0.25, -0.2) is 0 Å². The third-order valence-corrected chi connectivity index (χ3v) is 3.68. The van der Waals surface area contributed by atoms with Gasteiger partial charge in [0.1, 0.15) is 0 Å². The average molecular weight is 296 g/mol. The monoisotopic (exact) mass is 295 g/mol. The van der Waals surface area contributed by atoms with E-state index in [2.05, 4.69) is 22.3 Å². The van der Waals surface area contributed by atoms with Gasteiger partial charge in [0.25, 0.3) is 0 Å². The Labute approximate surface area is 123 Å². The second-order valence-electron chi connectivity index (χ2n) is 4.50. The standard InChI is InChI=1S/C14H18ClN3O2/c1-4-9(5-10-8-16-18-17-10)11-6-13(19-2)14(20-3)7-12(11)15/h6-9H,4-5H2,1-3H3,(H,16,17,18). The summed E-state index contributed by atoms with van der Waals surface area (Å²) in [6.07, 6.45) is 3.46. The van der Waals surface area contributed by atoms with Crippen LogP contribution in [-0.4, -0.2) is 29.6 Å². The van der Waals surface area contributed by atoms with Crippen LogP contribution in [0.1, 0.15) is 30.5 Å². The lowest BCUT2D eigenvalue weighted by atomic mass is 9.91. The van der Waals surface area contributed by atoms with Gasteiger partial charge in [0.2, 0.25) is 0 Å². The van der Waals surface area contributed by atoms with E-state index >= 15 is 0 Å². The Morgan fingerprint density at radius 2 is 1.95 bits per heavy atom. The Balaban J connectivity index is 2.33. The van der Waals surface area contributed by atoms with Crippen LogP contribution < -0.4 is 9.47 Å². The number of ether oxygens (including phenoxy) is 2. The maximum atomic E-state index is 6.37. The Bertz CT molecular complexity index is 558. The smallest absolute Gasteiger partial charge is 0.162 e. The lowest BCUT2D eigenvalue weighted by Gasteiger charge is -2.18. The number of aromatic amines is 1. The Morgan fingerprint density at radius 1 is 1.25 bits per heavy atom. The van der Waals surface area contributed by atoms with Crippen molar-refractivity contribution in [1.29, 1.82) is 0 Å². The fourth-order valence-electron chi connectivity index (χ4n) is 2.23. The number of H-pyrrole nitrogens is 1. The summed E-state index contributed by atoms with van der Waals surface area (Å²) < 4.78 is 10.6. The molecule has 0 saturated carbocycles. The first-order chi connectivity index (χ1) is 9.69. The molecule has 0 aliphatic carbocycles. The average Bonchev–Trinajstić information content (AvgIpc) is 2.97. The predicted molar refractivity (Wildman–Crippen MR) is 77.7 cm³/mol. The molecule has 0 amide bonds. The van der Waals surface area contributed by atoms with Crippen molar-refractivity contribution in [2.24, 2.45) is 0 Å². The molecule has 0 spiro atoms. The van der Waals surface area contributed by atoms with Crippen LogP contribution in [0.3, 0.4) is 0 Å². The minimum atomic E-state index is 0.257. The van der Waals surface area contributed by atoms with Crippen LogP contribution in [0.4, 0.5) is 0 Å². The maximum Gasteiger partial charge on any atom is 0.162 e. The Hall–Kier alpha value is -1.75. The summed E-state index contributed by atoms with van der Waals surface area (Å²) in [5, 5.41) is 11.2. The van der Waals surface area contributed by atoms with Crippen molar-refractivity contribution in [3.05, 3.63) is 34.6 Å². The SMILES string of the molecule is CCC(Cc1cn[nH]n1)c1cc(OC)c(OC)cc1Cl. The molecule has 5 nitrogen and oxygen atoms in total. The zero-order valence-electron chi connectivity index (χ0n) is 11.8. The topological polar surface area (TPSA) is 60.0 Å². The molecule has 6 heteroatoms. The van der Waals surface area contributed by atoms with Crippen LogP contribution in [0, 0.1) is 0 Å². The summed E-state index contributed by atoms with van der Waals surface area (Å²) in [7, 11) is 3.22. The largest absolute Gasteiger partial charge is 0.493 e. The molecule has 1 atom stereocenters. The van der Waals surface area contributed by atoms with Gasteiger partial charge in [0.05, 0.1) is 26.1 Å². The van der Waals surface area contributed by atoms with Gasteiger partial charge in [-0.1, -0.05) is 18.5 Å². The third-order valence-electron chi connectivity index (χ3n) is 3.36. The molecule has 2 rings (SSSR count). The lowest BCUT2D eigenvalue weighted by molar-refractivity contribution is 0.354. The molecule has 2 aromatic rings. The number of methoxy groups -OCH3 is 2. The number of benzene rings is 1. The normalized spacial score (nSPS) is 12.2. The number of hydrogen-bond donors (Lipinski definition) is 1. The van der Waals surface area contributed by atoms with Gasteiger partial charge in [-0.3, -0.25) is 0 Å². The first-order valence-electron chi connectivity index (χ1n) is 6.45. The van der Waals surface area contributed by atoms with Crippen molar-refractivity contribution in [2.45, 2.75) is 25.7 Å². The molecule has 1 aromatic carbocycles. The number of halogens is 1. The van der Waals surface area contributed by atoms with Crippen molar-refractivity contribution in [2.75, 3.05) is 14.2 Å². The molecule has 1 N–H and O–H groups in total. The van der Waals surface area contributed by atoms with E-state index in [1.54, 1.807) is 26.5 Å². The highest BCUT2D eigenvalue weighted by Crippen LogP contribution is 2.38. The number of hydrogen-bond acceptors (Lipinski definition) is 4. The van der Waals surface area contributed by atoms with E-state index in [1.165, 1.54) is 0 Å². The Kier molecular flexibility index (Phi) is 4.84. The lowest BCUT2D eigenvalue weighted by Crippen LogP contribution is -2.04. The van der Waals surface area contributed by atoms with E-state index in [-0.39, 0.29) is 5.92 Å². The molecule has 1 unspecified atom stereocenters. The number of rotatable bonds is 6. The molecule has 0 radical (unpaired) electrons. The molecule has 20 heavy (non-hydrogen) atoms. The van der Waals surface area contributed by atoms with Crippen LogP contribution in [0.2, 0.25) is 5.02 Å². The second-order valence-corrected chi connectivity index (χ2v) is 4.91. The zero-order valence-corrected chi connectivity index (χ0v) is 12.6. The van der Waals surface area contributed by atoms with Crippen LogP contribution in [-0.2, 0) is 6.42 Å². The van der Waals surface area contributed by atoms with Crippen molar-refractivity contribution in [1.82, 2.24) is 15.4 Å². The summed E-state index contributed by atoms with van der Waals surface area (Å²) in [5.74, 6) is 1.58. The summed E-state index contributed by atoms with van der Waals surface area (Å²) in [6, 6.07) is 3.73. The Morgan fingerprint density at radius 3 is 2.50 bits per heavy atom. The van der Waals surface area contributed by atoms with Crippen LogP contribution in [0.5, 0.6) is 11.5 Å². The summed E-state index contributed by atoms with van der Waals surface area (Å²) in [6.45, 7) is 2.12. The molecular weight excluding hydrogens is 278 g/mol. The summed E-state index contributed by atoms with van der Waals surface area (Å²) >= 11 is 6.37. The van der Waals surface area contributed by atoms with E-state index in [0.29, 0.717) is 16.5 Å². The van der Waals surface area contributed by atoms with E-state index in [9.17, 15) is 0 Å². The predicted octanol–water partition coefficient (Wildman–Crippen LogP) is 3.21. The summed E-state index contributed by atoms with van der Waals surface area (Å²) in [4.78, 5) is 0. The molecule has 0 fully saturated rings. The second kappa shape index (κ2) is 6.61. The van der Waals surface area contributed by atoms with Crippen molar-refractivity contribution in [3.63, 3.8) is 0 Å². The molecular formula is C14H18ClN3O2. The highest BCUT2D eigenvalue weighted by molar-refractivity contribution is 6.31.